The molecule has 0 saturated carbocycles. The number of rotatable bonds is 4. The molecular weight excluding hydrogens is 333 g/mol. The monoisotopic (exact) mass is 355 g/mol. The van der Waals surface area contributed by atoms with E-state index in [1.165, 1.54) is 24.3 Å². The Labute approximate surface area is 152 Å². The minimum Gasteiger partial charge on any atom is -0.342 e. The molecule has 136 valence electrons. The molecule has 0 fully saturated rings. The van der Waals surface area contributed by atoms with Crippen LogP contribution in [0, 0.1) is 5.82 Å². The van der Waals surface area contributed by atoms with Gasteiger partial charge in [-0.2, -0.15) is 0 Å². The topological polar surface area (TPSA) is 52.7 Å². The van der Waals surface area contributed by atoms with Crippen molar-refractivity contribution in [3.8, 4) is 0 Å². The number of carbonyl (C=O) groups excluding carboxylic acids is 2. The van der Waals surface area contributed by atoms with Crippen LogP contribution in [0.2, 0.25) is 0 Å². The van der Waals surface area contributed by atoms with E-state index in [9.17, 15) is 14.0 Å². The summed E-state index contributed by atoms with van der Waals surface area (Å²) >= 11 is 0. The maximum Gasteiger partial charge on any atom is 0.326 e. The molecule has 0 bridgehead atoms. The summed E-state index contributed by atoms with van der Waals surface area (Å²) in [5, 5.41) is 2.77. The zero-order valence-electron chi connectivity index (χ0n) is 15.0. The van der Waals surface area contributed by atoms with Crippen LogP contribution < -0.4 is 10.2 Å². The molecule has 0 atom stereocenters. The molecule has 1 aliphatic rings. The Bertz CT molecular complexity index is 820. The van der Waals surface area contributed by atoms with Crippen molar-refractivity contribution in [3.63, 3.8) is 0 Å². The molecule has 0 aliphatic carbocycles. The Morgan fingerprint density at radius 1 is 1.19 bits per heavy atom. The molecule has 0 unspecified atom stereocenters. The van der Waals surface area contributed by atoms with Crippen LogP contribution in [-0.4, -0.2) is 37.0 Å². The van der Waals surface area contributed by atoms with Crippen molar-refractivity contribution in [2.45, 2.75) is 19.8 Å². The number of anilines is 2. The molecule has 6 heteroatoms. The van der Waals surface area contributed by atoms with E-state index < -0.39 is 0 Å². The highest BCUT2D eigenvalue weighted by Crippen LogP contribution is 2.32. The fourth-order valence-electron chi connectivity index (χ4n) is 3.21. The van der Waals surface area contributed by atoms with E-state index in [0.29, 0.717) is 30.8 Å². The minimum atomic E-state index is -0.353. The lowest BCUT2D eigenvalue weighted by atomic mass is 10.0. The quantitative estimate of drug-likeness (QED) is 0.904. The highest BCUT2D eigenvalue weighted by Gasteiger charge is 2.29. The van der Waals surface area contributed by atoms with Gasteiger partial charge in [0, 0.05) is 37.1 Å². The van der Waals surface area contributed by atoms with E-state index in [-0.39, 0.29) is 17.8 Å². The molecule has 5 nitrogen and oxygen atoms in total. The van der Waals surface area contributed by atoms with Crippen molar-refractivity contribution in [2.75, 3.05) is 30.4 Å². The predicted octanol–water partition coefficient (Wildman–Crippen LogP) is 3.90. The van der Waals surface area contributed by atoms with E-state index in [2.05, 4.69) is 5.32 Å². The van der Waals surface area contributed by atoms with Gasteiger partial charge in [0.15, 0.2) is 0 Å². The van der Waals surface area contributed by atoms with Crippen LogP contribution in [0.1, 0.15) is 29.3 Å². The standard InChI is InChI=1S/C20H22FN3O2/c1-3-12-23(2)19(25)17-5-4-6-18-16(17)11-13-24(18)20(26)22-15-9-7-14(21)8-10-15/h4-10H,3,11-13H2,1-2H3,(H,22,26). The van der Waals surface area contributed by atoms with Crippen molar-refractivity contribution >= 4 is 23.3 Å². The fourth-order valence-corrected chi connectivity index (χ4v) is 3.21. The Morgan fingerprint density at radius 3 is 2.62 bits per heavy atom. The smallest absolute Gasteiger partial charge is 0.326 e. The summed E-state index contributed by atoms with van der Waals surface area (Å²) in [6, 6.07) is 10.8. The lowest BCUT2D eigenvalue weighted by molar-refractivity contribution is 0.0794. The number of hydrogen-bond acceptors (Lipinski definition) is 2. The number of nitrogens with zero attached hydrogens (tertiary/aromatic N) is 2. The largest absolute Gasteiger partial charge is 0.342 e. The van der Waals surface area contributed by atoms with Crippen LogP contribution in [0.5, 0.6) is 0 Å². The minimum absolute atomic E-state index is 0.0236. The van der Waals surface area contributed by atoms with Crippen molar-refractivity contribution < 1.29 is 14.0 Å². The van der Waals surface area contributed by atoms with Crippen molar-refractivity contribution in [3.05, 3.63) is 59.4 Å². The van der Waals surface area contributed by atoms with E-state index >= 15 is 0 Å². The summed E-state index contributed by atoms with van der Waals surface area (Å²) in [4.78, 5) is 28.6. The Kier molecular flexibility index (Phi) is 5.21. The number of fused-ring (bicyclic) bond motifs is 1. The van der Waals surface area contributed by atoms with E-state index in [1.54, 1.807) is 22.9 Å². The van der Waals surface area contributed by atoms with Gasteiger partial charge in [0.25, 0.3) is 5.91 Å². The van der Waals surface area contributed by atoms with E-state index in [4.69, 9.17) is 0 Å². The number of amides is 3. The molecule has 2 aromatic carbocycles. The van der Waals surface area contributed by atoms with Crippen LogP contribution >= 0.6 is 0 Å². The molecule has 0 aromatic heterocycles. The molecule has 26 heavy (non-hydrogen) atoms. The van der Waals surface area contributed by atoms with Gasteiger partial charge in [-0.05, 0) is 54.8 Å². The Hall–Kier alpha value is -2.89. The molecule has 0 radical (unpaired) electrons. The number of urea groups is 1. The first-order valence-corrected chi connectivity index (χ1v) is 8.72. The molecular formula is C20H22FN3O2. The summed E-state index contributed by atoms with van der Waals surface area (Å²) in [7, 11) is 1.79. The lowest BCUT2D eigenvalue weighted by Crippen LogP contribution is -2.33. The highest BCUT2D eigenvalue weighted by molar-refractivity contribution is 6.05. The molecule has 1 N–H and O–H groups in total. The van der Waals surface area contributed by atoms with E-state index in [0.717, 1.165) is 17.7 Å². The fraction of sp³-hybridized carbons (Fsp3) is 0.300. The lowest BCUT2D eigenvalue weighted by Gasteiger charge is -2.20. The van der Waals surface area contributed by atoms with Crippen LogP contribution in [-0.2, 0) is 6.42 Å². The first kappa shape index (κ1) is 17.9. The van der Waals surface area contributed by atoms with Gasteiger partial charge in [-0.3, -0.25) is 9.69 Å². The molecule has 3 rings (SSSR count). The summed E-state index contributed by atoms with van der Waals surface area (Å²) in [5.41, 5.74) is 2.82. The first-order valence-electron chi connectivity index (χ1n) is 8.72. The first-order chi connectivity index (χ1) is 12.5. The molecule has 0 saturated heterocycles. The van der Waals surface area contributed by atoms with Crippen LogP contribution in [0.4, 0.5) is 20.6 Å². The van der Waals surface area contributed by atoms with Gasteiger partial charge in [0.05, 0.1) is 0 Å². The third-order valence-electron chi connectivity index (χ3n) is 4.50. The highest BCUT2D eigenvalue weighted by atomic mass is 19.1. The second-order valence-corrected chi connectivity index (χ2v) is 6.37. The van der Waals surface area contributed by atoms with Crippen LogP contribution in [0.15, 0.2) is 42.5 Å². The molecule has 3 amide bonds. The van der Waals surface area contributed by atoms with Crippen molar-refractivity contribution in [1.82, 2.24) is 4.90 Å². The third kappa shape index (κ3) is 3.54. The van der Waals surface area contributed by atoms with Gasteiger partial charge >= 0.3 is 6.03 Å². The number of halogens is 1. The number of nitrogens with one attached hydrogen (secondary N) is 1. The van der Waals surface area contributed by atoms with E-state index in [1.807, 2.05) is 19.1 Å². The van der Waals surface area contributed by atoms with Crippen molar-refractivity contribution in [1.29, 1.82) is 0 Å². The van der Waals surface area contributed by atoms with Gasteiger partial charge < -0.3 is 10.2 Å². The SMILES string of the molecule is CCCN(C)C(=O)c1cccc2c1CCN2C(=O)Nc1ccc(F)cc1. The number of carbonyl (C=O) groups is 2. The molecule has 2 aromatic rings. The van der Waals surface area contributed by atoms with Crippen molar-refractivity contribution in [2.24, 2.45) is 0 Å². The second-order valence-electron chi connectivity index (χ2n) is 6.37. The summed E-state index contributed by atoms with van der Waals surface area (Å²) in [6.07, 6.45) is 1.53. The average molecular weight is 355 g/mol. The zero-order chi connectivity index (χ0) is 18.7. The molecule has 1 aliphatic heterocycles. The number of benzene rings is 2. The second kappa shape index (κ2) is 7.56. The van der Waals surface area contributed by atoms with Gasteiger partial charge in [0.1, 0.15) is 5.82 Å². The van der Waals surface area contributed by atoms with Crippen LogP contribution in [0.3, 0.4) is 0 Å². The Morgan fingerprint density at radius 2 is 1.92 bits per heavy atom. The molecule has 1 heterocycles. The predicted molar refractivity (Wildman–Crippen MR) is 100 cm³/mol. The summed E-state index contributed by atoms with van der Waals surface area (Å²) in [5.74, 6) is -0.377. The normalized spacial score (nSPS) is 12.7. The third-order valence-corrected chi connectivity index (χ3v) is 4.50. The van der Waals surface area contributed by atoms with Gasteiger partial charge in [-0.1, -0.05) is 13.0 Å². The number of hydrogen-bond donors (Lipinski definition) is 1. The zero-order valence-corrected chi connectivity index (χ0v) is 15.0. The Balaban J connectivity index is 1.81. The summed E-state index contributed by atoms with van der Waals surface area (Å²) in [6.45, 7) is 3.22. The van der Waals surface area contributed by atoms with Gasteiger partial charge in [-0.15, -0.1) is 0 Å². The molecule has 0 spiro atoms. The van der Waals surface area contributed by atoms with Crippen LogP contribution in [0.25, 0.3) is 0 Å². The summed E-state index contributed by atoms with van der Waals surface area (Å²) < 4.78 is 13.0. The van der Waals surface area contributed by atoms with Gasteiger partial charge in [0.2, 0.25) is 0 Å². The maximum atomic E-state index is 13.0. The maximum absolute atomic E-state index is 13.0. The van der Waals surface area contributed by atoms with Gasteiger partial charge in [-0.25, -0.2) is 9.18 Å². The average Bonchev–Trinajstić information content (AvgIpc) is 3.07.